The van der Waals surface area contributed by atoms with Gasteiger partial charge in [0.15, 0.2) is 0 Å². The molecule has 0 saturated carbocycles. The third-order valence-corrected chi connectivity index (χ3v) is 3.70. The van der Waals surface area contributed by atoms with Crippen LogP contribution in [0.4, 0.5) is 0 Å². The van der Waals surface area contributed by atoms with Gasteiger partial charge in [0.2, 0.25) is 0 Å². The van der Waals surface area contributed by atoms with Gasteiger partial charge in [0, 0.05) is 19.1 Å². The summed E-state index contributed by atoms with van der Waals surface area (Å²) < 4.78 is 0. The molecule has 4 N–H and O–H groups in total. The first kappa shape index (κ1) is 18.8. The second-order valence-corrected chi connectivity index (χ2v) is 4.88. The van der Waals surface area contributed by atoms with Crippen LogP contribution in [0.5, 0.6) is 0 Å². The van der Waals surface area contributed by atoms with Crippen molar-refractivity contribution in [2.24, 2.45) is 5.73 Å². The highest BCUT2D eigenvalue weighted by atomic mass is 16.3. The molecular formula is C14H33N3O2. The molecule has 0 aromatic rings. The molecule has 0 heterocycles. The fraction of sp³-hybridized carbons (Fsp3) is 1.00. The number of hydrogen-bond donors (Lipinski definition) is 3. The molecule has 0 spiro atoms. The van der Waals surface area contributed by atoms with Gasteiger partial charge in [0.25, 0.3) is 0 Å². The first-order valence-electron chi connectivity index (χ1n) is 7.61. The SMILES string of the molecule is CCN(CC)CCCC(CCN)N(CCO)CCO. The molecule has 116 valence electrons. The molecule has 1 atom stereocenters. The molecule has 0 aromatic heterocycles. The highest BCUT2D eigenvalue weighted by Crippen LogP contribution is 2.11. The highest BCUT2D eigenvalue weighted by molar-refractivity contribution is 4.73. The van der Waals surface area contributed by atoms with Crippen molar-refractivity contribution in [2.45, 2.75) is 39.2 Å². The van der Waals surface area contributed by atoms with E-state index in [-0.39, 0.29) is 13.2 Å². The Morgan fingerprint density at radius 2 is 1.53 bits per heavy atom. The van der Waals surface area contributed by atoms with Gasteiger partial charge in [0.1, 0.15) is 0 Å². The normalized spacial score (nSPS) is 13.4. The quantitative estimate of drug-likeness (QED) is 0.445. The third kappa shape index (κ3) is 8.55. The predicted molar refractivity (Wildman–Crippen MR) is 80.2 cm³/mol. The summed E-state index contributed by atoms with van der Waals surface area (Å²) in [6.07, 6.45) is 3.14. The van der Waals surface area contributed by atoms with Gasteiger partial charge < -0.3 is 20.8 Å². The van der Waals surface area contributed by atoms with Gasteiger partial charge in [0.05, 0.1) is 13.2 Å². The molecule has 0 rings (SSSR count). The summed E-state index contributed by atoms with van der Waals surface area (Å²) >= 11 is 0. The van der Waals surface area contributed by atoms with Crippen LogP contribution in [-0.2, 0) is 0 Å². The molecular weight excluding hydrogens is 242 g/mol. The summed E-state index contributed by atoms with van der Waals surface area (Å²) in [5.74, 6) is 0. The van der Waals surface area contributed by atoms with Crippen LogP contribution < -0.4 is 5.73 Å². The Hall–Kier alpha value is -0.200. The van der Waals surface area contributed by atoms with Crippen molar-refractivity contribution in [3.63, 3.8) is 0 Å². The fourth-order valence-corrected chi connectivity index (χ4v) is 2.53. The molecule has 0 aliphatic rings. The molecule has 0 fully saturated rings. The van der Waals surface area contributed by atoms with E-state index in [9.17, 15) is 0 Å². The van der Waals surface area contributed by atoms with E-state index in [1.807, 2.05) is 0 Å². The minimum Gasteiger partial charge on any atom is -0.395 e. The summed E-state index contributed by atoms with van der Waals surface area (Å²) in [6, 6.07) is 0.375. The van der Waals surface area contributed by atoms with Gasteiger partial charge in [-0.15, -0.1) is 0 Å². The Bertz CT molecular complexity index is 184. The third-order valence-electron chi connectivity index (χ3n) is 3.70. The van der Waals surface area contributed by atoms with Crippen molar-refractivity contribution < 1.29 is 10.2 Å². The second kappa shape index (κ2) is 12.8. The maximum Gasteiger partial charge on any atom is 0.0558 e. The van der Waals surface area contributed by atoms with Crippen LogP contribution >= 0.6 is 0 Å². The van der Waals surface area contributed by atoms with E-state index in [1.54, 1.807) is 0 Å². The lowest BCUT2D eigenvalue weighted by atomic mass is 10.1. The Balaban J connectivity index is 4.20. The molecule has 0 saturated heterocycles. The van der Waals surface area contributed by atoms with Gasteiger partial charge in [-0.2, -0.15) is 0 Å². The molecule has 0 bridgehead atoms. The Labute approximate surface area is 118 Å². The average Bonchev–Trinajstić information content (AvgIpc) is 2.42. The molecule has 1 unspecified atom stereocenters. The van der Waals surface area contributed by atoms with Crippen molar-refractivity contribution in [2.75, 3.05) is 52.5 Å². The molecule has 19 heavy (non-hydrogen) atoms. The molecule has 0 aliphatic heterocycles. The monoisotopic (exact) mass is 275 g/mol. The number of nitrogens with two attached hydrogens (primary N) is 1. The molecule has 0 radical (unpaired) electrons. The van der Waals surface area contributed by atoms with E-state index in [2.05, 4.69) is 23.6 Å². The van der Waals surface area contributed by atoms with Crippen LogP contribution in [0.15, 0.2) is 0 Å². The van der Waals surface area contributed by atoms with E-state index in [0.29, 0.717) is 25.7 Å². The van der Waals surface area contributed by atoms with Gasteiger partial charge in [-0.05, 0) is 45.4 Å². The van der Waals surface area contributed by atoms with Gasteiger partial charge in [-0.25, -0.2) is 0 Å². The zero-order chi connectivity index (χ0) is 14.5. The number of rotatable bonds is 13. The Morgan fingerprint density at radius 1 is 0.947 bits per heavy atom. The van der Waals surface area contributed by atoms with Crippen LogP contribution in [0, 0.1) is 0 Å². The predicted octanol–water partition coefficient (Wildman–Crippen LogP) is 0.112. The number of hydrogen-bond acceptors (Lipinski definition) is 5. The van der Waals surface area contributed by atoms with Crippen LogP contribution in [0.3, 0.4) is 0 Å². The van der Waals surface area contributed by atoms with Crippen molar-refractivity contribution in [1.29, 1.82) is 0 Å². The summed E-state index contributed by atoms with van der Waals surface area (Å²) in [7, 11) is 0. The minimum atomic E-state index is 0.136. The van der Waals surface area contributed by atoms with Crippen molar-refractivity contribution in [3.05, 3.63) is 0 Å². The smallest absolute Gasteiger partial charge is 0.0558 e. The summed E-state index contributed by atoms with van der Waals surface area (Å²) in [5, 5.41) is 18.2. The van der Waals surface area contributed by atoms with Crippen molar-refractivity contribution in [3.8, 4) is 0 Å². The zero-order valence-electron chi connectivity index (χ0n) is 12.7. The molecule has 5 heteroatoms. The molecule has 0 aliphatic carbocycles. The second-order valence-electron chi connectivity index (χ2n) is 4.88. The maximum atomic E-state index is 9.11. The topological polar surface area (TPSA) is 73.0 Å². The number of aliphatic hydroxyl groups excluding tert-OH is 2. The van der Waals surface area contributed by atoms with E-state index in [1.165, 1.54) is 0 Å². The lowest BCUT2D eigenvalue weighted by Gasteiger charge is -2.31. The Kier molecular flexibility index (Phi) is 12.7. The first-order chi connectivity index (χ1) is 9.23. The van der Waals surface area contributed by atoms with Crippen LogP contribution in [0.1, 0.15) is 33.1 Å². The van der Waals surface area contributed by atoms with Crippen molar-refractivity contribution in [1.82, 2.24) is 9.80 Å². The van der Waals surface area contributed by atoms with E-state index >= 15 is 0 Å². The van der Waals surface area contributed by atoms with Crippen LogP contribution in [0.2, 0.25) is 0 Å². The van der Waals surface area contributed by atoms with Gasteiger partial charge >= 0.3 is 0 Å². The molecule has 5 nitrogen and oxygen atoms in total. The van der Waals surface area contributed by atoms with E-state index in [4.69, 9.17) is 15.9 Å². The lowest BCUT2D eigenvalue weighted by molar-refractivity contribution is 0.110. The Morgan fingerprint density at radius 3 is 1.95 bits per heavy atom. The molecule has 0 amide bonds. The fourth-order valence-electron chi connectivity index (χ4n) is 2.53. The minimum absolute atomic E-state index is 0.136. The highest BCUT2D eigenvalue weighted by Gasteiger charge is 2.17. The number of aliphatic hydroxyl groups is 2. The first-order valence-corrected chi connectivity index (χ1v) is 7.61. The standard InChI is InChI=1S/C14H33N3O2/c1-3-16(4-2)9-5-6-14(7-8-15)17(10-12-18)11-13-19/h14,18-19H,3-13,15H2,1-2H3. The largest absolute Gasteiger partial charge is 0.395 e. The summed E-state index contributed by atoms with van der Waals surface area (Å²) in [5.41, 5.74) is 5.68. The van der Waals surface area contributed by atoms with Crippen LogP contribution in [0.25, 0.3) is 0 Å². The van der Waals surface area contributed by atoms with Gasteiger partial charge in [-0.3, -0.25) is 4.90 Å². The lowest BCUT2D eigenvalue weighted by Crippen LogP contribution is -2.41. The summed E-state index contributed by atoms with van der Waals surface area (Å²) in [4.78, 5) is 4.58. The molecule has 0 aromatic carbocycles. The maximum absolute atomic E-state index is 9.11. The van der Waals surface area contributed by atoms with Gasteiger partial charge in [-0.1, -0.05) is 13.8 Å². The average molecular weight is 275 g/mol. The van der Waals surface area contributed by atoms with Crippen molar-refractivity contribution >= 4 is 0 Å². The van der Waals surface area contributed by atoms with E-state index < -0.39 is 0 Å². The number of nitrogens with zero attached hydrogens (tertiary/aromatic N) is 2. The zero-order valence-corrected chi connectivity index (χ0v) is 12.7. The van der Waals surface area contributed by atoms with E-state index in [0.717, 1.165) is 38.9 Å². The van der Waals surface area contributed by atoms with Crippen LogP contribution in [-0.4, -0.2) is 78.5 Å². The summed E-state index contributed by atoms with van der Waals surface area (Å²) in [6.45, 7) is 9.84.